The quantitative estimate of drug-likeness (QED) is 0.0149. The molecular weight excluding hydrogens is 1040 g/mol. The van der Waals surface area contributed by atoms with Gasteiger partial charge in [0.1, 0.15) is 24.4 Å². The zero-order chi connectivity index (χ0) is 60.3. The maximum atomic E-state index is 13.5. The molecule has 1 rings (SSSR count). The van der Waals surface area contributed by atoms with E-state index in [-0.39, 0.29) is 13.0 Å². The highest BCUT2D eigenvalue weighted by Crippen LogP contribution is 2.26. The second kappa shape index (κ2) is 59.9. The van der Waals surface area contributed by atoms with E-state index in [2.05, 4.69) is 56.5 Å². The number of aliphatic hydroxyl groups is 5. The second-order valence-corrected chi connectivity index (χ2v) is 24.7. The van der Waals surface area contributed by atoms with Crippen LogP contribution in [0.1, 0.15) is 335 Å². The Morgan fingerprint density at radius 1 is 0.482 bits per heavy atom. The molecule has 0 aromatic heterocycles. The van der Waals surface area contributed by atoms with Crippen LogP contribution in [0.15, 0.2) is 48.6 Å². The number of carbonyl (C=O) groups excluding carboxylic acids is 2. The first-order valence-electron chi connectivity index (χ1n) is 35.4. The van der Waals surface area contributed by atoms with Gasteiger partial charge in [0.15, 0.2) is 12.4 Å². The fourth-order valence-electron chi connectivity index (χ4n) is 11.2. The molecule has 83 heavy (non-hydrogen) atoms. The Bertz CT molecular complexity index is 1540. The minimum Gasteiger partial charge on any atom is -0.454 e. The van der Waals surface area contributed by atoms with Gasteiger partial charge in [-0.3, -0.25) is 9.59 Å². The summed E-state index contributed by atoms with van der Waals surface area (Å²) in [5.74, 6) is -1.19. The van der Waals surface area contributed by atoms with Crippen molar-refractivity contribution in [3.8, 4) is 0 Å². The lowest BCUT2D eigenvalue weighted by Crippen LogP contribution is -2.61. The van der Waals surface area contributed by atoms with Gasteiger partial charge in [-0.15, -0.1) is 0 Å². The van der Waals surface area contributed by atoms with Gasteiger partial charge in [0.2, 0.25) is 5.91 Å². The molecule has 0 spiro atoms. The van der Waals surface area contributed by atoms with Crippen molar-refractivity contribution < 1.29 is 49.3 Å². The van der Waals surface area contributed by atoms with Crippen molar-refractivity contribution in [2.45, 2.75) is 384 Å². The van der Waals surface area contributed by atoms with E-state index in [1.54, 1.807) is 6.08 Å². The van der Waals surface area contributed by atoms with Crippen molar-refractivity contribution in [3.63, 3.8) is 0 Å². The summed E-state index contributed by atoms with van der Waals surface area (Å²) in [4.78, 5) is 26.6. The monoisotopic (exact) mass is 1170 g/mol. The molecular formula is C72H133NO10. The van der Waals surface area contributed by atoms with Crippen LogP contribution in [-0.4, -0.2) is 99.6 Å². The van der Waals surface area contributed by atoms with E-state index in [0.717, 1.165) is 89.9 Å². The molecule has 0 aromatic rings. The van der Waals surface area contributed by atoms with Crippen LogP contribution in [0.5, 0.6) is 0 Å². The highest BCUT2D eigenvalue weighted by atomic mass is 16.7. The summed E-state index contributed by atoms with van der Waals surface area (Å²) in [6.07, 6.45) is 64.5. The summed E-state index contributed by atoms with van der Waals surface area (Å²) >= 11 is 0. The molecule has 1 amide bonds. The van der Waals surface area contributed by atoms with Gasteiger partial charge < -0.3 is 45.1 Å². The molecule has 1 saturated heterocycles. The standard InChI is InChI=1S/C72H133NO10/c1-4-7-10-13-16-19-22-25-27-28-29-30-31-32-33-34-35-36-37-39-41-44-47-50-53-56-59-65(76)71(80)73-63(64(75)58-55-52-49-46-43-40-24-21-18-15-12-9-6-3)62-81-72-70(69(79)68(78)66(61-74)82-72)83-67(77)60-57-54-51-48-45-42-38-26-23-20-17-14-11-8-5-2/h8,11,14,17,20,23,55,58,63-66,68-70,72,74-76,78-79H,4-7,9-10,12-13,15-16,18-19,21-22,24-54,56-57,59-62H2,1-3H3,(H,73,80)/b11-8+,17-14+,23-20+,58-55+. The predicted molar refractivity (Wildman–Crippen MR) is 347 cm³/mol. The molecule has 0 saturated carbocycles. The lowest BCUT2D eigenvalue weighted by molar-refractivity contribution is -0.305. The van der Waals surface area contributed by atoms with Gasteiger partial charge in [-0.2, -0.15) is 0 Å². The number of allylic oxidation sites excluding steroid dienone is 7. The molecule has 1 aliphatic heterocycles. The number of ether oxygens (including phenoxy) is 3. The lowest BCUT2D eigenvalue weighted by Gasteiger charge is -2.41. The first-order chi connectivity index (χ1) is 40.7. The third-order valence-corrected chi connectivity index (χ3v) is 16.8. The van der Waals surface area contributed by atoms with Crippen molar-refractivity contribution in [2.24, 2.45) is 0 Å². The van der Waals surface area contributed by atoms with Crippen LogP contribution >= 0.6 is 0 Å². The molecule has 8 atom stereocenters. The number of aliphatic hydroxyl groups excluding tert-OH is 5. The van der Waals surface area contributed by atoms with Crippen molar-refractivity contribution in [3.05, 3.63) is 48.6 Å². The normalized spacial score (nSPS) is 18.8. The van der Waals surface area contributed by atoms with Crippen molar-refractivity contribution in [1.82, 2.24) is 5.32 Å². The van der Waals surface area contributed by atoms with Crippen molar-refractivity contribution in [1.29, 1.82) is 0 Å². The molecule has 11 heteroatoms. The maximum absolute atomic E-state index is 13.5. The maximum Gasteiger partial charge on any atom is 0.306 e. The van der Waals surface area contributed by atoms with Crippen LogP contribution in [0.25, 0.3) is 0 Å². The molecule has 8 unspecified atom stereocenters. The SMILES string of the molecule is CC/C=C/C=C/C=C/CCCCCCCCCC(=O)OC1C(OCC(NC(=O)C(O)CCCCCCCCCCCCCCCCCCCCCCCCCCCC)C(O)/C=C/CCCCCCCCCCCCC)OC(CO)C(O)C1O. The number of nitrogens with one attached hydrogen (secondary N) is 1. The lowest BCUT2D eigenvalue weighted by atomic mass is 9.99. The topological polar surface area (TPSA) is 175 Å². The number of carbonyl (C=O) groups is 2. The summed E-state index contributed by atoms with van der Waals surface area (Å²) in [7, 11) is 0. The Hall–Kier alpha value is -2.38. The van der Waals surface area contributed by atoms with Gasteiger partial charge in [0.25, 0.3) is 0 Å². The highest BCUT2D eigenvalue weighted by molar-refractivity contribution is 5.80. The summed E-state index contributed by atoms with van der Waals surface area (Å²) in [6, 6.07) is -1.03. The molecule has 0 bridgehead atoms. The predicted octanol–water partition coefficient (Wildman–Crippen LogP) is 18.0. The number of rotatable bonds is 61. The zero-order valence-electron chi connectivity index (χ0n) is 54.1. The van der Waals surface area contributed by atoms with E-state index in [1.165, 1.54) is 199 Å². The minimum atomic E-state index is -1.62. The smallest absolute Gasteiger partial charge is 0.306 e. The Labute approximate surface area is 510 Å². The molecule has 1 fully saturated rings. The van der Waals surface area contributed by atoms with Gasteiger partial charge in [-0.25, -0.2) is 0 Å². The van der Waals surface area contributed by atoms with Gasteiger partial charge >= 0.3 is 5.97 Å². The minimum absolute atomic E-state index is 0.111. The summed E-state index contributed by atoms with van der Waals surface area (Å²) in [5, 5.41) is 57.2. The summed E-state index contributed by atoms with van der Waals surface area (Å²) < 4.78 is 17.7. The Morgan fingerprint density at radius 2 is 0.867 bits per heavy atom. The van der Waals surface area contributed by atoms with Crippen LogP contribution in [0, 0.1) is 0 Å². The van der Waals surface area contributed by atoms with Crippen LogP contribution in [0.3, 0.4) is 0 Å². The Morgan fingerprint density at radius 3 is 1.29 bits per heavy atom. The Balaban J connectivity index is 2.55. The molecule has 11 nitrogen and oxygen atoms in total. The van der Waals surface area contributed by atoms with Gasteiger partial charge in [-0.05, 0) is 44.9 Å². The third-order valence-electron chi connectivity index (χ3n) is 16.8. The van der Waals surface area contributed by atoms with E-state index in [9.17, 15) is 35.1 Å². The van der Waals surface area contributed by atoms with E-state index in [0.29, 0.717) is 19.3 Å². The van der Waals surface area contributed by atoms with Crippen LogP contribution in [0.2, 0.25) is 0 Å². The van der Waals surface area contributed by atoms with E-state index in [4.69, 9.17) is 14.2 Å². The highest BCUT2D eigenvalue weighted by Gasteiger charge is 2.47. The molecule has 1 heterocycles. The number of hydrogen-bond donors (Lipinski definition) is 6. The largest absolute Gasteiger partial charge is 0.454 e. The number of esters is 1. The zero-order valence-corrected chi connectivity index (χ0v) is 54.1. The first-order valence-corrected chi connectivity index (χ1v) is 35.4. The molecule has 0 aliphatic carbocycles. The van der Waals surface area contributed by atoms with Crippen LogP contribution < -0.4 is 5.32 Å². The molecule has 0 aromatic carbocycles. The molecule has 486 valence electrons. The molecule has 1 aliphatic rings. The first kappa shape index (κ1) is 78.6. The summed E-state index contributed by atoms with van der Waals surface area (Å²) in [5.41, 5.74) is 0. The van der Waals surface area contributed by atoms with Crippen molar-refractivity contribution in [2.75, 3.05) is 13.2 Å². The number of unbranched alkanes of at least 4 members (excludes halogenated alkanes) is 43. The van der Waals surface area contributed by atoms with E-state index >= 15 is 0 Å². The van der Waals surface area contributed by atoms with Crippen LogP contribution in [0.4, 0.5) is 0 Å². The third kappa shape index (κ3) is 47.4. The van der Waals surface area contributed by atoms with Gasteiger partial charge in [-0.1, -0.05) is 333 Å². The number of hydrogen-bond acceptors (Lipinski definition) is 10. The van der Waals surface area contributed by atoms with E-state index in [1.807, 2.05) is 12.2 Å². The second-order valence-electron chi connectivity index (χ2n) is 24.7. The average Bonchev–Trinajstić information content (AvgIpc) is 3.54. The van der Waals surface area contributed by atoms with Crippen molar-refractivity contribution >= 4 is 11.9 Å². The van der Waals surface area contributed by atoms with E-state index < -0.39 is 67.4 Å². The number of amides is 1. The summed E-state index contributed by atoms with van der Waals surface area (Å²) in [6.45, 7) is 5.70. The fourth-order valence-corrected chi connectivity index (χ4v) is 11.2. The molecule has 0 radical (unpaired) electrons. The average molecular weight is 1170 g/mol. The Kier molecular flexibility index (Phi) is 56.8. The van der Waals surface area contributed by atoms with Gasteiger partial charge in [0.05, 0.1) is 25.4 Å². The van der Waals surface area contributed by atoms with Crippen LogP contribution in [-0.2, 0) is 23.8 Å². The fraction of sp³-hybridized carbons (Fsp3) is 0.861. The molecule has 6 N–H and O–H groups in total. The van der Waals surface area contributed by atoms with Gasteiger partial charge in [0, 0.05) is 6.42 Å².